The number of nitrogens with zero attached hydrogens (tertiary/aromatic N) is 3. The largest absolute Gasteiger partial charge is 0.494 e. The predicted molar refractivity (Wildman–Crippen MR) is 110 cm³/mol. The van der Waals surface area contributed by atoms with E-state index in [4.69, 9.17) is 13.6 Å². The van der Waals surface area contributed by atoms with Crippen molar-refractivity contribution in [1.82, 2.24) is 4.98 Å². The van der Waals surface area contributed by atoms with E-state index in [0.29, 0.717) is 44.2 Å². The van der Waals surface area contributed by atoms with Crippen molar-refractivity contribution in [3.8, 4) is 23.5 Å². The standard InChI is InChI=1S/C22H22N4O4/c1-2-28-17-7-5-16(6-8-17)24-20(27)15-9-11-26(12-10-15)22-18(14-23)25-21(30-22)19-4-3-13-29-19/h3-8,13,15H,2,9-12H2,1H3,(H,24,27). The number of hydrogen-bond acceptors (Lipinski definition) is 7. The molecule has 1 saturated heterocycles. The van der Waals surface area contributed by atoms with Crippen molar-refractivity contribution < 1.29 is 18.4 Å². The summed E-state index contributed by atoms with van der Waals surface area (Å²) in [5.41, 5.74) is 0.967. The predicted octanol–water partition coefficient (Wildman–Crippen LogP) is 4.06. The molecular weight excluding hydrogens is 384 g/mol. The number of oxazole rings is 1. The van der Waals surface area contributed by atoms with E-state index < -0.39 is 0 Å². The van der Waals surface area contributed by atoms with E-state index in [0.717, 1.165) is 11.4 Å². The van der Waals surface area contributed by atoms with Crippen LogP contribution in [0.25, 0.3) is 11.7 Å². The van der Waals surface area contributed by atoms with Gasteiger partial charge in [0, 0.05) is 24.7 Å². The molecule has 30 heavy (non-hydrogen) atoms. The van der Waals surface area contributed by atoms with Crippen LogP contribution < -0.4 is 15.0 Å². The molecule has 0 spiro atoms. The lowest BCUT2D eigenvalue weighted by atomic mass is 9.96. The maximum atomic E-state index is 12.6. The highest BCUT2D eigenvalue weighted by atomic mass is 16.5. The third-order valence-electron chi connectivity index (χ3n) is 5.03. The van der Waals surface area contributed by atoms with Crippen LogP contribution in [-0.4, -0.2) is 30.6 Å². The van der Waals surface area contributed by atoms with Gasteiger partial charge >= 0.3 is 0 Å². The fraction of sp³-hybridized carbons (Fsp3) is 0.318. The third kappa shape index (κ3) is 4.15. The zero-order valence-corrected chi connectivity index (χ0v) is 16.6. The molecule has 1 aromatic carbocycles. The first-order chi connectivity index (χ1) is 14.7. The van der Waals surface area contributed by atoms with Crippen LogP contribution in [0.3, 0.4) is 0 Å². The first-order valence-corrected chi connectivity index (χ1v) is 9.91. The summed E-state index contributed by atoms with van der Waals surface area (Å²) in [6.45, 7) is 3.73. The quantitative estimate of drug-likeness (QED) is 0.658. The Morgan fingerprint density at radius 2 is 2.07 bits per heavy atom. The molecule has 0 bridgehead atoms. The van der Waals surface area contributed by atoms with Gasteiger partial charge in [-0.1, -0.05) is 0 Å². The molecule has 0 saturated carbocycles. The zero-order chi connectivity index (χ0) is 20.9. The van der Waals surface area contributed by atoms with Gasteiger partial charge in [0.05, 0.1) is 12.9 Å². The highest BCUT2D eigenvalue weighted by Crippen LogP contribution is 2.31. The molecule has 0 atom stereocenters. The number of amides is 1. The van der Waals surface area contributed by atoms with Crippen molar-refractivity contribution in [1.29, 1.82) is 5.26 Å². The summed E-state index contributed by atoms with van der Waals surface area (Å²) in [6.07, 6.45) is 2.84. The number of anilines is 2. The van der Waals surface area contributed by atoms with Gasteiger partial charge in [-0.2, -0.15) is 10.2 Å². The summed E-state index contributed by atoms with van der Waals surface area (Å²) in [7, 11) is 0. The number of rotatable bonds is 6. The maximum Gasteiger partial charge on any atom is 0.266 e. The average molecular weight is 406 g/mol. The van der Waals surface area contributed by atoms with E-state index >= 15 is 0 Å². The molecule has 1 fully saturated rings. The Labute approximate surface area is 174 Å². The van der Waals surface area contributed by atoms with E-state index in [9.17, 15) is 10.1 Å². The lowest BCUT2D eigenvalue weighted by Crippen LogP contribution is -2.38. The monoisotopic (exact) mass is 406 g/mol. The van der Waals surface area contributed by atoms with Gasteiger partial charge in [0.1, 0.15) is 11.8 Å². The molecule has 8 heteroatoms. The van der Waals surface area contributed by atoms with Crippen molar-refractivity contribution in [3.05, 3.63) is 48.4 Å². The number of aromatic nitrogens is 1. The Balaban J connectivity index is 1.37. The van der Waals surface area contributed by atoms with Crippen LogP contribution in [0.15, 0.2) is 51.5 Å². The second kappa shape index (κ2) is 8.74. The summed E-state index contributed by atoms with van der Waals surface area (Å²) >= 11 is 0. The van der Waals surface area contributed by atoms with Crippen molar-refractivity contribution in [2.45, 2.75) is 19.8 Å². The molecule has 1 aliphatic heterocycles. The topological polar surface area (TPSA) is 105 Å². The molecule has 0 radical (unpaired) electrons. The summed E-state index contributed by atoms with van der Waals surface area (Å²) in [4.78, 5) is 18.8. The number of carbonyl (C=O) groups is 1. The first-order valence-electron chi connectivity index (χ1n) is 9.91. The van der Waals surface area contributed by atoms with E-state index in [-0.39, 0.29) is 23.4 Å². The lowest BCUT2D eigenvalue weighted by Gasteiger charge is -2.30. The Morgan fingerprint density at radius 3 is 2.70 bits per heavy atom. The van der Waals surface area contributed by atoms with Crippen LogP contribution in [0, 0.1) is 17.2 Å². The van der Waals surface area contributed by atoms with Gasteiger partial charge in [0.15, 0.2) is 5.76 Å². The minimum absolute atomic E-state index is 0.00633. The highest BCUT2D eigenvalue weighted by Gasteiger charge is 2.29. The number of furan rings is 1. The van der Waals surface area contributed by atoms with Gasteiger partial charge in [-0.15, -0.1) is 0 Å². The van der Waals surface area contributed by atoms with E-state index in [1.807, 2.05) is 36.1 Å². The second-order valence-electron chi connectivity index (χ2n) is 6.97. The Kier molecular flexibility index (Phi) is 5.70. The van der Waals surface area contributed by atoms with Crippen molar-refractivity contribution >= 4 is 17.5 Å². The number of nitriles is 1. The number of nitrogens with one attached hydrogen (secondary N) is 1. The average Bonchev–Trinajstić information content (AvgIpc) is 3.45. The highest BCUT2D eigenvalue weighted by molar-refractivity contribution is 5.92. The second-order valence-corrected chi connectivity index (χ2v) is 6.97. The summed E-state index contributed by atoms with van der Waals surface area (Å²) in [6, 6.07) is 12.9. The summed E-state index contributed by atoms with van der Waals surface area (Å²) in [5, 5.41) is 12.4. The third-order valence-corrected chi connectivity index (χ3v) is 5.03. The van der Waals surface area contributed by atoms with E-state index in [2.05, 4.69) is 16.4 Å². The van der Waals surface area contributed by atoms with Crippen molar-refractivity contribution in [2.75, 3.05) is 29.9 Å². The number of hydrogen-bond donors (Lipinski definition) is 1. The lowest BCUT2D eigenvalue weighted by molar-refractivity contribution is -0.120. The Bertz CT molecular complexity index is 1030. The minimum Gasteiger partial charge on any atom is -0.494 e. The SMILES string of the molecule is CCOc1ccc(NC(=O)C2CCN(c3oc(-c4ccco4)nc3C#N)CC2)cc1. The molecular formula is C22H22N4O4. The van der Waals surface area contributed by atoms with Crippen LogP contribution in [0.1, 0.15) is 25.5 Å². The number of benzene rings is 1. The molecule has 3 aromatic rings. The van der Waals surface area contributed by atoms with Crippen LogP contribution >= 0.6 is 0 Å². The Morgan fingerprint density at radius 1 is 1.30 bits per heavy atom. The smallest absolute Gasteiger partial charge is 0.266 e. The normalized spacial score (nSPS) is 14.3. The van der Waals surface area contributed by atoms with Crippen molar-refractivity contribution in [2.24, 2.45) is 5.92 Å². The van der Waals surface area contributed by atoms with Gasteiger partial charge in [-0.3, -0.25) is 4.79 Å². The number of piperidine rings is 1. The molecule has 1 aliphatic rings. The van der Waals surface area contributed by atoms with Gasteiger partial charge in [0.2, 0.25) is 17.5 Å². The molecule has 8 nitrogen and oxygen atoms in total. The van der Waals surface area contributed by atoms with Gasteiger partial charge < -0.3 is 23.8 Å². The van der Waals surface area contributed by atoms with E-state index in [1.165, 1.54) is 6.26 Å². The number of carbonyl (C=O) groups excluding carboxylic acids is 1. The molecule has 2 aromatic heterocycles. The fourth-order valence-corrected chi connectivity index (χ4v) is 3.50. The van der Waals surface area contributed by atoms with Crippen LogP contribution in [0.2, 0.25) is 0 Å². The molecule has 1 N–H and O–H groups in total. The molecule has 0 aliphatic carbocycles. The van der Waals surface area contributed by atoms with Gasteiger partial charge in [-0.25, -0.2) is 0 Å². The summed E-state index contributed by atoms with van der Waals surface area (Å²) < 4.78 is 16.5. The fourth-order valence-electron chi connectivity index (χ4n) is 3.50. The summed E-state index contributed by atoms with van der Waals surface area (Å²) in [5.74, 6) is 1.84. The first kappa shape index (κ1) is 19.6. The molecule has 0 unspecified atom stereocenters. The van der Waals surface area contributed by atoms with Crippen LogP contribution in [0.5, 0.6) is 5.75 Å². The molecule has 1 amide bonds. The molecule has 154 valence electrons. The van der Waals surface area contributed by atoms with E-state index in [1.54, 1.807) is 12.1 Å². The van der Waals surface area contributed by atoms with Gasteiger partial charge in [-0.05, 0) is 56.2 Å². The maximum absolute atomic E-state index is 12.6. The Hall–Kier alpha value is -3.73. The van der Waals surface area contributed by atoms with Crippen molar-refractivity contribution in [3.63, 3.8) is 0 Å². The molecule has 4 rings (SSSR count). The zero-order valence-electron chi connectivity index (χ0n) is 16.6. The number of ether oxygens (including phenoxy) is 1. The van der Waals surface area contributed by atoms with Gasteiger partial charge in [0.25, 0.3) is 5.89 Å². The minimum atomic E-state index is -0.106. The molecule has 3 heterocycles. The van der Waals surface area contributed by atoms with Crippen LogP contribution in [0.4, 0.5) is 11.6 Å². The van der Waals surface area contributed by atoms with Crippen LogP contribution in [-0.2, 0) is 4.79 Å².